The lowest BCUT2D eigenvalue weighted by molar-refractivity contribution is -0.140. The first-order valence-electron chi connectivity index (χ1n) is 5.16. The molecule has 2 unspecified atom stereocenters. The smallest absolute Gasteiger partial charge is 0.323 e. The third kappa shape index (κ3) is 2.40. The van der Waals surface area contributed by atoms with Crippen LogP contribution in [0, 0.1) is 0 Å². The largest absolute Gasteiger partial charge is 0.480 e. The number of carbonyl (C=O) groups is 3. The van der Waals surface area contributed by atoms with E-state index in [1.54, 1.807) is 18.4 Å². The minimum Gasteiger partial charge on any atom is -0.480 e. The van der Waals surface area contributed by atoms with Gasteiger partial charge in [-0.05, 0) is 21.8 Å². The van der Waals surface area contributed by atoms with Gasteiger partial charge in [0.05, 0.1) is 4.91 Å². The van der Waals surface area contributed by atoms with Crippen LogP contribution >= 0.6 is 12.2 Å². The van der Waals surface area contributed by atoms with E-state index in [0.29, 0.717) is 4.91 Å². The van der Waals surface area contributed by atoms with Crippen molar-refractivity contribution >= 4 is 52.6 Å². The highest BCUT2D eigenvalue weighted by atomic mass is 32.9. The molecule has 1 fully saturated rings. The van der Waals surface area contributed by atoms with E-state index in [0.717, 1.165) is 4.90 Å². The van der Waals surface area contributed by atoms with Crippen LogP contribution < -0.4 is 5.32 Å². The van der Waals surface area contributed by atoms with Crippen LogP contribution in [0.5, 0.6) is 0 Å². The Hall–Kier alpha value is -1.32. The van der Waals surface area contributed by atoms with Crippen LogP contribution in [0.2, 0.25) is 0 Å². The number of carboxylic acid groups (broad SMARTS) is 1. The zero-order valence-electron chi connectivity index (χ0n) is 9.78. The summed E-state index contributed by atoms with van der Waals surface area (Å²) in [6.45, 7) is 1.21. The summed E-state index contributed by atoms with van der Waals surface area (Å²) >= 11 is 5.20. The normalized spacial score (nSPS) is 28.4. The maximum atomic E-state index is 12.1. The highest BCUT2D eigenvalue weighted by Gasteiger charge is 2.38. The van der Waals surface area contributed by atoms with Crippen LogP contribution in [-0.4, -0.2) is 38.0 Å². The van der Waals surface area contributed by atoms with Crippen molar-refractivity contribution in [3.05, 3.63) is 22.6 Å². The van der Waals surface area contributed by atoms with Gasteiger partial charge in [0.1, 0.15) is 10.9 Å². The van der Waals surface area contributed by atoms with Crippen molar-refractivity contribution in [2.24, 2.45) is 0 Å². The molecule has 2 aliphatic heterocycles. The lowest BCUT2D eigenvalue weighted by Crippen LogP contribution is -2.34. The van der Waals surface area contributed by atoms with Crippen molar-refractivity contribution in [1.29, 1.82) is 0 Å². The summed E-state index contributed by atoms with van der Waals surface area (Å²) < 4.78 is 0.227. The first-order chi connectivity index (χ1) is 8.97. The molecule has 2 atom stereocenters. The number of amides is 2. The van der Waals surface area contributed by atoms with Gasteiger partial charge in [-0.2, -0.15) is 0 Å². The molecule has 0 spiro atoms. The molecular formula is C10H10N2O4S3. The number of aliphatic carboxylic acids is 1. The van der Waals surface area contributed by atoms with E-state index in [1.165, 1.54) is 6.20 Å². The molecule has 0 bridgehead atoms. The predicted octanol–water partition coefficient (Wildman–Crippen LogP) is 0.448. The molecule has 6 nitrogen and oxygen atoms in total. The summed E-state index contributed by atoms with van der Waals surface area (Å²) in [6, 6.07) is 0. The lowest BCUT2D eigenvalue weighted by atomic mass is 10.4. The molecule has 1 saturated heterocycles. The number of thiocarbonyl (C=S) groups is 1. The summed E-state index contributed by atoms with van der Waals surface area (Å²) in [5, 5.41) is 12.8. The van der Waals surface area contributed by atoms with Gasteiger partial charge in [-0.1, -0.05) is 27.7 Å². The fraction of sp³-hybridized carbons (Fsp3) is 0.200. The molecule has 9 heteroatoms. The van der Waals surface area contributed by atoms with Crippen molar-refractivity contribution in [1.82, 2.24) is 10.2 Å². The zero-order chi connectivity index (χ0) is 14.2. The minimum atomic E-state index is -1.13. The van der Waals surface area contributed by atoms with Gasteiger partial charge in [0, 0.05) is 6.20 Å². The molecule has 19 heavy (non-hydrogen) atoms. The van der Waals surface area contributed by atoms with E-state index in [9.17, 15) is 14.4 Å². The maximum absolute atomic E-state index is 12.1. The van der Waals surface area contributed by atoms with Gasteiger partial charge in [0.25, 0.3) is 11.1 Å². The van der Waals surface area contributed by atoms with E-state index < -0.39 is 37.3 Å². The molecule has 0 saturated carbocycles. The Kier molecular flexibility index (Phi) is 3.97. The molecule has 2 amide bonds. The van der Waals surface area contributed by atoms with Crippen LogP contribution in [-0.2, 0) is 28.5 Å². The van der Waals surface area contributed by atoms with Crippen LogP contribution in [0.4, 0.5) is 4.79 Å². The third-order valence-electron chi connectivity index (χ3n) is 2.35. The Balaban J connectivity index is 2.54. The quantitative estimate of drug-likeness (QED) is 0.570. The first-order valence-corrected chi connectivity index (χ1v) is 8.60. The second-order valence-electron chi connectivity index (χ2n) is 3.50. The van der Waals surface area contributed by atoms with Gasteiger partial charge in [0.15, 0.2) is 0 Å². The minimum absolute atomic E-state index is 0.199. The highest BCUT2D eigenvalue weighted by Crippen LogP contribution is 2.26. The molecular weight excluding hydrogens is 308 g/mol. The number of allylic oxidation sites excluding steroid dienone is 1. The van der Waals surface area contributed by atoms with Gasteiger partial charge < -0.3 is 10.4 Å². The Morgan fingerprint density at radius 1 is 1.58 bits per heavy atom. The van der Waals surface area contributed by atoms with Gasteiger partial charge in [-0.3, -0.25) is 19.3 Å². The highest BCUT2D eigenvalue weighted by molar-refractivity contribution is 8.60. The summed E-state index contributed by atoms with van der Waals surface area (Å²) in [6.07, 6.45) is 3.13. The van der Waals surface area contributed by atoms with Crippen molar-refractivity contribution in [3.63, 3.8) is 0 Å². The SMILES string of the molecule is CC=C1C(=O)N(CC(=O)O)C(=S)S1=S1C=CNC1=O. The summed E-state index contributed by atoms with van der Waals surface area (Å²) in [7, 11) is -1.69. The summed E-state index contributed by atoms with van der Waals surface area (Å²) in [4.78, 5) is 36.1. The number of nitrogens with zero attached hydrogens (tertiary/aromatic N) is 1. The number of carbonyl (C=O) groups excluding carboxylic acids is 2. The van der Waals surface area contributed by atoms with E-state index in [4.69, 9.17) is 17.3 Å². The molecule has 2 rings (SSSR count). The molecule has 0 radical (unpaired) electrons. The van der Waals surface area contributed by atoms with Gasteiger partial charge in [0.2, 0.25) is 0 Å². The maximum Gasteiger partial charge on any atom is 0.323 e. The Morgan fingerprint density at radius 3 is 2.74 bits per heavy atom. The topological polar surface area (TPSA) is 86.7 Å². The standard InChI is InChI=1S/C10H10N2O4S3/c1-2-6-8(15)12(5-7(13)14)10(17)19(6)18-4-3-11-9(18)16/h2-4H,5H2,1H3,(H,11,16)(H,13,14). The van der Waals surface area contributed by atoms with Gasteiger partial charge in [-0.25, -0.2) is 0 Å². The second kappa shape index (κ2) is 5.35. The van der Waals surface area contributed by atoms with E-state index >= 15 is 0 Å². The van der Waals surface area contributed by atoms with Crippen LogP contribution in [0.3, 0.4) is 0 Å². The predicted molar refractivity (Wildman–Crippen MR) is 78.1 cm³/mol. The average Bonchev–Trinajstić information content (AvgIpc) is 2.85. The van der Waals surface area contributed by atoms with Crippen molar-refractivity contribution in [3.8, 4) is 0 Å². The molecule has 0 aromatic carbocycles. The molecule has 102 valence electrons. The zero-order valence-corrected chi connectivity index (χ0v) is 12.2. The summed E-state index contributed by atoms with van der Waals surface area (Å²) in [5.74, 6) is -1.55. The number of hydrogen-bond donors (Lipinski definition) is 2. The monoisotopic (exact) mass is 318 g/mol. The van der Waals surface area contributed by atoms with Crippen molar-refractivity contribution in [2.75, 3.05) is 6.54 Å². The fourth-order valence-electron chi connectivity index (χ4n) is 1.58. The van der Waals surface area contributed by atoms with E-state index in [1.807, 2.05) is 0 Å². The number of rotatable bonds is 2. The number of carboxylic acids is 1. The van der Waals surface area contributed by atoms with Gasteiger partial charge in [-0.15, -0.1) is 0 Å². The molecule has 2 aliphatic rings. The van der Waals surface area contributed by atoms with Crippen molar-refractivity contribution < 1.29 is 19.5 Å². The van der Waals surface area contributed by atoms with Crippen LogP contribution in [0.1, 0.15) is 6.92 Å². The fourth-order valence-corrected chi connectivity index (χ4v) is 7.70. The Morgan fingerprint density at radius 2 is 2.26 bits per heavy atom. The average molecular weight is 318 g/mol. The summed E-state index contributed by atoms with van der Waals surface area (Å²) in [5.41, 5.74) is 0. The van der Waals surface area contributed by atoms with Gasteiger partial charge >= 0.3 is 5.97 Å². The lowest BCUT2D eigenvalue weighted by Gasteiger charge is -2.11. The Labute approximate surface area is 118 Å². The van der Waals surface area contributed by atoms with E-state index in [-0.39, 0.29) is 9.56 Å². The first kappa shape index (κ1) is 14.1. The van der Waals surface area contributed by atoms with Crippen molar-refractivity contribution in [2.45, 2.75) is 6.92 Å². The molecule has 2 heterocycles. The van der Waals surface area contributed by atoms with Crippen LogP contribution in [0.15, 0.2) is 22.6 Å². The third-order valence-corrected chi connectivity index (χ3v) is 8.83. The molecule has 0 aliphatic carbocycles. The number of nitrogens with one attached hydrogen (secondary N) is 1. The van der Waals surface area contributed by atoms with E-state index in [2.05, 4.69) is 5.32 Å². The van der Waals surface area contributed by atoms with Crippen LogP contribution in [0.25, 0.3) is 0 Å². The number of hydrogen-bond acceptors (Lipinski definition) is 4. The molecule has 0 aromatic heterocycles. The second-order valence-corrected chi connectivity index (χ2v) is 8.83. The molecule has 2 N–H and O–H groups in total. The Bertz CT molecular complexity index is 606. The molecule has 0 aromatic rings.